The second-order valence-corrected chi connectivity index (χ2v) is 8.98. The SMILES string of the molecule is CC(c1ncccc1F)N(Cc1ccc2ncsc2c1)C(=O)C(=O)Nc1cnc(N)c2c1COC2. The molecular weight excluding hydrogens is 471 g/mol. The number of ether oxygens (including phenoxy) is 1. The van der Waals surface area contributed by atoms with Crippen molar-refractivity contribution >= 4 is 44.9 Å². The first kappa shape index (κ1) is 22.8. The summed E-state index contributed by atoms with van der Waals surface area (Å²) in [5.74, 6) is -1.96. The fourth-order valence-electron chi connectivity index (χ4n) is 4.03. The number of anilines is 2. The highest BCUT2D eigenvalue weighted by Gasteiger charge is 2.31. The van der Waals surface area contributed by atoms with Crippen LogP contribution in [-0.4, -0.2) is 31.7 Å². The lowest BCUT2D eigenvalue weighted by Gasteiger charge is -2.29. The Labute approximate surface area is 203 Å². The van der Waals surface area contributed by atoms with Gasteiger partial charge in [0.15, 0.2) is 0 Å². The predicted molar refractivity (Wildman–Crippen MR) is 129 cm³/mol. The second kappa shape index (κ2) is 9.35. The van der Waals surface area contributed by atoms with Crippen LogP contribution < -0.4 is 11.1 Å². The molecule has 0 saturated carbocycles. The summed E-state index contributed by atoms with van der Waals surface area (Å²) in [5.41, 5.74) is 11.0. The van der Waals surface area contributed by atoms with E-state index >= 15 is 0 Å². The van der Waals surface area contributed by atoms with Crippen molar-refractivity contribution in [2.45, 2.75) is 32.7 Å². The minimum Gasteiger partial charge on any atom is -0.383 e. The number of fused-ring (bicyclic) bond motifs is 2. The van der Waals surface area contributed by atoms with Crippen LogP contribution in [-0.2, 0) is 34.1 Å². The number of halogens is 1. The minimum atomic E-state index is -0.882. The van der Waals surface area contributed by atoms with Gasteiger partial charge in [0.25, 0.3) is 0 Å². The first-order valence-electron chi connectivity index (χ1n) is 10.8. The predicted octanol–water partition coefficient (Wildman–Crippen LogP) is 3.57. The Morgan fingerprint density at radius 3 is 2.89 bits per heavy atom. The average Bonchev–Trinajstić information content (AvgIpc) is 3.54. The van der Waals surface area contributed by atoms with Gasteiger partial charge in [-0.05, 0) is 36.8 Å². The smallest absolute Gasteiger partial charge is 0.313 e. The molecule has 0 spiro atoms. The van der Waals surface area contributed by atoms with E-state index in [9.17, 15) is 14.0 Å². The molecule has 0 aliphatic carbocycles. The van der Waals surface area contributed by atoms with Crippen molar-refractivity contribution in [1.82, 2.24) is 19.9 Å². The molecule has 1 aliphatic rings. The Morgan fingerprint density at radius 1 is 1.23 bits per heavy atom. The maximum absolute atomic E-state index is 14.6. The summed E-state index contributed by atoms with van der Waals surface area (Å²) in [5, 5.41) is 2.63. The summed E-state index contributed by atoms with van der Waals surface area (Å²) in [7, 11) is 0. The van der Waals surface area contributed by atoms with Gasteiger partial charge in [-0.1, -0.05) is 6.07 Å². The Bertz CT molecular complexity index is 1440. The minimum absolute atomic E-state index is 0.0657. The van der Waals surface area contributed by atoms with Gasteiger partial charge in [-0.2, -0.15) is 0 Å². The Hall–Kier alpha value is -3.96. The highest BCUT2D eigenvalue weighted by molar-refractivity contribution is 7.16. The van der Waals surface area contributed by atoms with E-state index in [2.05, 4.69) is 20.3 Å². The van der Waals surface area contributed by atoms with Crippen LogP contribution in [0.15, 0.2) is 48.2 Å². The van der Waals surface area contributed by atoms with Crippen molar-refractivity contribution in [3.63, 3.8) is 0 Å². The number of nitrogens with two attached hydrogens (primary N) is 1. The Morgan fingerprint density at radius 2 is 2.06 bits per heavy atom. The van der Waals surface area contributed by atoms with E-state index in [0.29, 0.717) is 22.6 Å². The highest BCUT2D eigenvalue weighted by atomic mass is 32.1. The molecule has 4 heterocycles. The third kappa shape index (κ3) is 4.43. The van der Waals surface area contributed by atoms with Crippen LogP contribution >= 0.6 is 11.3 Å². The molecule has 2 amide bonds. The van der Waals surface area contributed by atoms with Crippen molar-refractivity contribution in [1.29, 1.82) is 0 Å². The first-order chi connectivity index (χ1) is 16.9. The normalized spacial score (nSPS) is 13.4. The number of rotatable bonds is 5. The van der Waals surface area contributed by atoms with E-state index in [-0.39, 0.29) is 25.5 Å². The highest BCUT2D eigenvalue weighted by Crippen LogP contribution is 2.31. The summed E-state index contributed by atoms with van der Waals surface area (Å²) in [4.78, 5) is 40.3. The van der Waals surface area contributed by atoms with Crippen LogP contribution in [0.3, 0.4) is 0 Å². The molecule has 1 unspecified atom stereocenters. The van der Waals surface area contributed by atoms with E-state index in [0.717, 1.165) is 15.8 Å². The number of hydrogen-bond acceptors (Lipinski definition) is 8. The standard InChI is InChI=1S/C24H21FN6O3S/c1-13(21-17(25)3-2-6-27-21)31(9-14-4-5-18-20(7-14)35-12-29-18)24(33)23(32)30-19-8-28-22(26)16-11-34-10-15(16)19/h2-8,12-13H,9-11H2,1H3,(H2,26,28)(H,30,32). The van der Waals surface area contributed by atoms with Crippen LogP contribution in [0.5, 0.6) is 0 Å². The molecule has 5 rings (SSSR count). The molecule has 3 aromatic heterocycles. The van der Waals surface area contributed by atoms with E-state index in [1.807, 2.05) is 18.2 Å². The zero-order valence-electron chi connectivity index (χ0n) is 18.7. The third-order valence-electron chi connectivity index (χ3n) is 5.93. The fourth-order valence-corrected chi connectivity index (χ4v) is 4.77. The van der Waals surface area contributed by atoms with Gasteiger partial charge in [-0.3, -0.25) is 14.6 Å². The second-order valence-electron chi connectivity index (χ2n) is 8.10. The molecule has 1 atom stereocenters. The van der Waals surface area contributed by atoms with Crippen LogP contribution in [0, 0.1) is 5.82 Å². The van der Waals surface area contributed by atoms with Crippen LogP contribution in [0.2, 0.25) is 0 Å². The van der Waals surface area contributed by atoms with E-state index in [4.69, 9.17) is 10.5 Å². The number of aromatic nitrogens is 3. The maximum Gasteiger partial charge on any atom is 0.313 e. The molecule has 0 radical (unpaired) electrons. The number of nitrogens with zero attached hydrogens (tertiary/aromatic N) is 4. The number of pyridine rings is 2. The molecular formula is C24H21FN6O3S. The number of carbonyl (C=O) groups is 2. The lowest BCUT2D eigenvalue weighted by atomic mass is 10.1. The molecule has 0 fully saturated rings. The van der Waals surface area contributed by atoms with Gasteiger partial charge in [0.1, 0.15) is 11.6 Å². The average molecular weight is 493 g/mol. The molecule has 35 heavy (non-hydrogen) atoms. The van der Waals surface area contributed by atoms with Gasteiger partial charge in [0.05, 0.1) is 52.6 Å². The monoisotopic (exact) mass is 492 g/mol. The number of benzene rings is 1. The molecule has 11 heteroatoms. The van der Waals surface area contributed by atoms with Crippen LogP contribution in [0.1, 0.15) is 35.3 Å². The number of nitrogens with one attached hydrogen (secondary N) is 1. The van der Waals surface area contributed by atoms with Crippen LogP contribution in [0.4, 0.5) is 15.9 Å². The summed E-state index contributed by atoms with van der Waals surface area (Å²) in [6.45, 7) is 2.24. The van der Waals surface area contributed by atoms with Crippen molar-refractivity contribution in [3.05, 3.63) is 76.4 Å². The number of amides is 2. The van der Waals surface area contributed by atoms with Crippen molar-refractivity contribution in [3.8, 4) is 0 Å². The number of nitrogen functional groups attached to an aromatic ring is 1. The quantitative estimate of drug-likeness (QED) is 0.408. The summed E-state index contributed by atoms with van der Waals surface area (Å²) in [6.07, 6.45) is 2.85. The van der Waals surface area contributed by atoms with E-state index < -0.39 is 23.7 Å². The number of hydrogen-bond donors (Lipinski definition) is 2. The lowest BCUT2D eigenvalue weighted by Crippen LogP contribution is -2.41. The maximum atomic E-state index is 14.6. The molecule has 0 saturated heterocycles. The van der Waals surface area contributed by atoms with Gasteiger partial charge < -0.3 is 20.7 Å². The lowest BCUT2D eigenvalue weighted by molar-refractivity contribution is -0.145. The largest absolute Gasteiger partial charge is 0.383 e. The fraction of sp³-hybridized carbons (Fsp3) is 0.208. The van der Waals surface area contributed by atoms with Gasteiger partial charge in [0.2, 0.25) is 0 Å². The first-order valence-corrected chi connectivity index (χ1v) is 11.7. The molecule has 9 nitrogen and oxygen atoms in total. The Kier molecular flexibility index (Phi) is 6.10. The topological polar surface area (TPSA) is 123 Å². The van der Waals surface area contributed by atoms with Crippen molar-refractivity contribution in [2.24, 2.45) is 0 Å². The number of thiazole rings is 1. The van der Waals surface area contributed by atoms with Crippen molar-refractivity contribution in [2.75, 3.05) is 11.1 Å². The van der Waals surface area contributed by atoms with E-state index in [1.165, 1.54) is 40.8 Å². The van der Waals surface area contributed by atoms with Crippen LogP contribution in [0.25, 0.3) is 10.2 Å². The molecule has 178 valence electrons. The van der Waals surface area contributed by atoms with Gasteiger partial charge in [-0.25, -0.2) is 14.4 Å². The van der Waals surface area contributed by atoms with Gasteiger partial charge in [-0.15, -0.1) is 11.3 Å². The molecule has 3 N–H and O–H groups in total. The van der Waals surface area contributed by atoms with Crippen molar-refractivity contribution < 1.29 is 18.7 Å². The summed E-state index contributed by atoms with van der Waals surface area (Å²) in [6, 6.07) is 7.51. The summed E-state index contributed by atoms with van der Waals surface area (Å²) >= 11 is 1.47. The Balaban J connectivity index is 1.45. The molecule has 1 aliphatic heterocycles. The molecule has 0 bridgehead atoms. The molecule has 1 aromatic carbocycles. The molecule has 4 aromatic rings. The van der Waals surface area contributed by atoms with Gasteiger partial charge in [0, 0.05) is 23.9 Å². The van der Waals surface area contributed by atoms with E-state index in [1.54, 1.807) is 12.4 Å². The van der Waals surface area contributed by atoms with Gasteiger partial charge >= 0.3 is 11.8 Å². The zero-order chi connectivity index (χ0) is 24.5. The zero-order valence-corrected chi connectivity index (χ0v) is 19.5. The summed E-state index contributed by atoms with van der Waals surface area (Å²) < 4.78 is 20.9. The number of carbonyl (C=O) groups excluding carboxylic acids is 2. The third-order valence-corrected chi connectivity index (χ3v) is 6.72.